The van der Waals surface area contributed by atoms with Gasteiger partial charge in [-0.25, -0.2) is 4.39 Å². The van der Waals surface area contributed by atoms with Crippen molar-refractivity contribution in [3.63, 3.8) is 0 Å². The van der Waals surface area contributed by atoms with Gasteiger partial charge in [-0.3, -0.25) is 0 Å². The third-order valence-corrected chi connectivity index (χ3v) is 3.28. The van der Waals surface area contributed by atoms with Gasteiger partial charge in [-0.2, -0.15) is 0 Å². The number of methoxy groups -OCH3 is 1. The first-order valence-electron chi connectivity index (χ1n) is 6.87. The summed E-state index contributed by atoms with van der Waals surface area (Å²) in [6.45, 7) is 3.62. The largest absolute Gasteiger partial charge is 0.493 e. The summed E-state index contributed by atoms with van der Waals surface area (Å²) in [5, 5.41) is 9.74. The highest BCUT2D eigenvalue weighted by molar-refractivity contribution is 5.47. The zero-order valence-corrected chi connectivity index (χ0v) is 12.4. The number of hydrogen-bond acceptors (Lipinski definition) is 3. The fourth-order valence-electron chi connectivity index (χ4n) is 2.07. The molecule has 0 aliphatic rings. The van der Waals surface area contributed by atoms with E-state index >= 15 is 0 Å². The molecule has 0 radical (unpaired) electrons. The van der Waals surface area contributed by atoms with Crippen LogP contribution in [-0.4, -0.2) is 12.2 Å². The number of halogens is 1. The average molecular weight is 290 g/mol. The maximum absolute atomic E-state index is 13.3. The monoisotopic (exact) mass is 290 g/mol. The highest BCUT2D eigenvalue weighted by Crippen LogP contribution is 2.36. The third kappa shape index (κ3) is 3.52. The number of aliphatic hydroxyl groups excluding tert-OH is 1. The van der Waals surface area contributed by atoms with Crippen LogP contribution in [0.25, 0.3) is 0 Å². The van der Waals surface area contributed by atoms with Gasteiger partial charge in [0.25, 0.3) is 0 Å². The Labute approximate surface area is 124 Å². The lowest BCUT2D eigenvalue weighted by Crippen LogP contribution is -1.98. The molecule has 112 valence electrons. The lowest BCUT2D eigenvalue weighted by molar-refractivity contribution is 0.195. The van der Waals surface area contributed by atoms with Gasteiger partial charge in [-0.05, 0) is 49.2 Å². The van der Waals surface area contributed by atoms with E-state index in [2.05, 4.69) is 6.92 Å². The topological polar surface area (TPSA) is 38.7 Å². The summed E-state index contributed by atoms with van der Waals surface area (Å²) < 4.78 is 24.4. The molecule has 0 unspecified atom stereocenters. The summed E-state index contributed by atoms with van der Waals surface area (Å²) in [4.78, 5) is 0. The van der Waals surface area contributed by atoms with Crippen LogP contribution in [0.2, 0.25) is 0 Å². The molecule has 2 aromatic carbocycles. The zero-order chi connectivity index (χ0) is 15.4. The van der Waals surface area contributed by atoms with Crippen molar-refractivity contribution in [3.8, 4) is 17.2 Å². The van der Waals surface area contributed by atoms with Crippen molar-refractivity contribution in [1.29, 1.82) is 0 Å². The molecule has 1 N–H and O–H groups in total. The molecule has 0 spiro atoms. The Kier molecular flexibility index (Phi) is 4.81. The fourth-order valence-corrected chi connectivity index (χ4v) is 2.07. The second-order valence-corrected chi connectivity index (χ2v) is 4.80. The summed E-state index contributed by atoms with van der Waals surface area (Å²) in [5.74, 6) is 1.14. The molecule has 2 rings (SSSR count). The zero-order valence-electron chi connectivity index (χ0n) is 12.4. The van der Waals surface area contributed by atoms with E-state index in [0.717, 1.165) is 12.0 Å². The third-order valence-electron chi connectivity index (χ3n) is 3.28. The number of hydrogen-bond donors (Lipinski definition) is 1. The molecule has 0 aromatic heterocycles. The van der Waals surface area contributed by atoms with E-state index < -0.39 is 11.9 Å². The molecule has 0 amide bonds. The highest BCUT2D eigenvalue weighted by atomic mass is 19.1. The van der Waals surface area contributed by atoms with Gasteiger partial charge in [0.15, 0.2) is 11.5 Å². The minimum atomic E-state index is -0.823. The van der Waals surface area contributed by atoms with Gasteiger partial charge in [0, 0.05) is 5.56 Å². The molecule has 2 aromatic rings. The van der Waals surface area contributed by atoms with Gasteiger partial charge >= 0.3 is 0 Å². The van der Waals surface area contributed by atoms with E-state index in [4.69, 9.17) is 9.47 Å². The van der Waals surface area contributed by atoms with E-state index in [1.165, 1.54) is 18.2 Å². The number of benzene rings is 2. The normalized spacial score (nSPS) is 12.0. The van der Waals surface area contributed by atoms with E-state index in [-0.39, 0.29) is 0 Å². The van der Waals surface area contributed by atoms with Crippen molar-refractivity contribution in [2.24, 2.45) is 0 Å². The van der Waals surface area contributed by atoms with Gasteiger partial charge in [-0.15, -0.1) is 0 Å². The molecule has 0 saturated heterocycles. The average Bonchev–Trinajstić information content (AvgIpc) is 2.49. The summed E-state index contributed by atoms with van der Waals surface area (Å²) >= 11 is 0. The first-order chi connectivity index (χ1) is 10.0. The quantitative estimate of drug-likeness (QED) is 0.895. The van der Waals surface area contributed by atoms with Crippen LogP contribution >= 0.6 is 0 Å². The molecular weight excluding hydrogens is 271 g/mol. The number of ether oxygens (including phenoxy) is 2. The molecular formula is C17H19FO3. The molecule has 1 atom stereocenters. The molecule has 0 aliphatic heterocycles. The van der Waals surface area contributed by atoms with Crippen molar-refractivity contribution in [2.75, 3.05) is 7.11 Å². The van der Waals surface area contributed by atoms with Crippen molar-refractivity contribution < 1.29 is 19.0 Å². The summed E-state index contributed by atoms with van der Waals surface area (Å²) in [6.07, 6.45) is 0.0724. The Morgan fingerprint density at radius 1 is 1.10 bits per heavy atom. The predicted octanol–water partition coefficient (Wildman–Crippen LogP) is 4.24. The fraction of sp³-hybridized carbons (Fsp3) is 0.294. The van der Waals surface area contributed by atoms with Crippen molar-refractivity contribution in [3.05, 3.63) is 53.3 Å². The number of aliphatic hydroxyl groups is 1. The van der Waals surface area contributed by atoms with Gasteiger partial charge in [0.05, 0.1) is 13.2 Å². The molecule has 0 saturated carbocycles. The van der Waals surface area contributed by atoms with Crippen LogP contribution in [0.3, 0.4) is 0 Å². The molecule has 3 nitrogen and oxygen atoms in total. The molecule has 0 bridgehead atoms. The van der Waals surface area contributed by atoms with Crippen molar-refractivity contribution in [1.82, 2.24) is 0 Å². The Bertz CT molecular complexity index is 623. The highest BCUT2D eigenvalue weighted by Gasteiger charge is 2.14. The van der Waals surface area contributed by atoms with Gasteiger partial charge < -0.3 is 14.6 Å². The first-order valence-corrected chi connectivity index (χ1v) is 6.87. The van der Waals surface area contributed by atoms with E-state index in [1.807, 2.05) is 18.2 Å². The Hall–Kier alpha value is -2.07. The Balaban J connectivity index is 2.38. The first kappa shape index (κ1) is 15.3. The summed E-state index contributed by atoms with van der Waals surface area (Å²) in [7, 11) is 1.57. The van der Waals surface area contributed by atoms with Gasteiger partial charge in [0.2, 0.25) is 0 Å². The van der Waals surface area contributed by atoms with Crippen LogP contribution in [0, 0.1) is 5.82 Å². The Morgan fingerprint density at radius 2 is 1.81 bits per heavy atom. The van der Waals surface area contributed by atoms with Crippen molar-refractivity contribution >= 4 is 0 Å². The molecule has 0 heterocycles. The van der Waals surface area contributed by atoms with Crippen LogP contribution in [0.5, 0.6) is 17.2 Å². The van der Waals surface area contributed by atoms with Crippen molar-refractivity contribution in [2.45, 2.75) is 26.4 Å². The van der Waals surface area contributed by atoms with Crippen LogP contribution in [0.4, 0.5) is 4.39 Å². The summed E-state index contributed by atoms with van der Waals surface area (Å²) in [5.41, 5.74) is 1.53. The minimum Gasteiger partial charge on any atom is -0.493 e. The maximum Gasteiger partial charge on any atom is 0.169 e. The maximum atomic E-state index is 13.3. The number of rotatable bonds is 5. The molecule has 0 aliphatic carbocycles. The smallest absolute Gasteiger partial charge is 0.169 e. The van der Waals surface area contributed by atoms with Crippen LogP contribution in [0.1, 0.15) is 31.1 Å². The van der Waals surface area contributed by atoms with E-state index in [0.29, 0.717) is 22.8 Å². The molecule has 4 heteroatoms. The second kappa shape index (κ2) is 6.59. The number of aryl methyl sites for hydroxylation is 1. The molecule has 0 fully saturated rings. The second-order valence-electron chi connectivity index (χ2n) is 4.80. The SMILES string of the molecule is CCc1ccc(Oc2ccc(F)cc2[C@H](C)O)c(OC)c1. The standard InChI is InChI=1S/C17H19FO3/c1-4-12-5-7-16(17(9-12)20-3)21-15-8-6-13(18)10-14(15)11(2)19/h5-11,19H,4H2,1-3H3/t11-/m0/s1. The van der Waals surface area contributed by atoms with Crippen LogP contribution in [-0.2, 0) is 6.42 Å². The lowest BCUT2D eigenvalue weighted by atomic mass is 10.1. The Morgan fingerprint density at radius 3 is 2.43 bits per heavy atom. The summed E-state index contributed by atoms with van der Waals surface area (Å²) in [6, 6.07) is 9.74. The van der Waals surface area contributed by atoms with E-state index in [1.54, 1.807) is 14.0 Å². The van der Waals surface area contributed by atoms with Gasteiger partial charge in [0.1, 0.15) is 11.6 Å². The van der Waals surface area contributed by atoms with Gasteiger partial charge in [-0.1, -0.05) is 13.0 Å². The predicted molar refractivity (Wildman–Crippen MR) is 79.5 cm³/mol. The van der Waals surface area contributed by atoms with Crippen LogP contribution < -0.4 is 9.47 Å². The van der Waals surface area contributed by atoms with E-state index in [9.17, 15) is 9.50 Å². The molecule has 21 heavy (non-hydrogen) atoms. The lowest BCUT2D eigenvalue weighted by Gasteiger charge is -2.15. The van der Waals surface area contributed by atoms with Crippen LogP contribution in [0.15, 0.2) is 36.4 Å². The minimum absolute atomic E-state index is 0.400.